The number of hydrogen-bond acceptors (Lipinski definition) is 3. The third-order valence-corrected chi connectivity index (χ3v) is 5.20. The lowest BCUT2D eigenvalue weighted by Crippen LogP contribution is -2.39. The van der Waals surface area contributed by atoms with Crippen LogP contribution in [-0.4, -0.2) is 50.7 Å². The van der Waals surface area contributed by atoms with Gasteiger partial charge in [0, 0.05) is 45.8 Å². The Kier molecular flexibility index (Phi) is 8.61. The number of sulfone groups is 1. The fraction of sp³-hybridized carbons (Fsp3) is 0.389. The number of nitrogens with one attached hydrogen (secondary N) is 1. The van der Waals surface area contributed by atoms with E-state index >= 15 is 0 Å². The number of hydrogen-bond donors (Lipinski definition) is 1. The van der Waals surface area contributed by atoms with E-state index in [4.69, 9.17) is 0 Å². The topological polar surface area (TPSA) is 66.7 Å². The van der Waals surface area contributed by atoms with E-state index in [1.54, 1.807) is 19.2 Å². The summed E-state index contributed by atoms with van der Waals surface area (Å²) >= 11 is 0. The molecule has 0 aliphatic rings. The second-order valence-corrected chi connectivity index (χ2v) is 8.12. The molecule has 0 fully saturated rings. The highest BCUT2D eigenvalue weighted by molar-refractivity contribution is 14.0. The van der Waals surface area contributed by atoms with E-state index in [1.807, 2.05) is 38.5 Å². The summed E-state index contributed by atoms with van der Waals surface area (Å²) in [6, 6.07) is 11.1. The molecular formula is C18H27IN4O2S. The van der Waals surface area contributed by atoms with Crippen molar-refractivity contribution in [2.24, 2.45) is 12.0 Å². The number of aliphatic imine (C=N–C) groups is 1. The summed E-state index contributed by atoms with van der Waals surface area (Å²) in [5, 5.41) is 3.34. The summed E-state index contributed by atoms with van der Waals surface area (Å²) in [4.78, 5) is 6.74. The van der Waals surface area contributed by atoms with Gasteiger partial charge in [0.05, 0.1) is 11.4 Å². The zero-order chi connectivity index (χ0) is 18.4. The molecule has 0 saturated heterocycles. The van der Waals surface area contributed by atoms with Crippen LogP contribution in [-0.2, 0) is 29.9 Å². The number of halogens is 1. The van der Waals surface area contributed by atoms with Crippen LogP contribution in [0.15, 0.2) is 52.5 Å². The van der Waals surface area contributed by atoms with Crippen molar-refractivity contribution in [1.29, 1.82) is 0 Å². The van der Waals surface area contributed by atoms with E-state index in [2.05, 4.69) is 25.8 Å². The molecule has 2 aromatic rings. The molecule has 0 unspecified atom stereocenters. The van der Waals surface area contributed by atoms with Gasteiger partial charge in [0.25, 0.3) is 0 Å². The molecule has 0 saturated carbocycles. The first-order valence-corrected chi connectivity index (χ1v) is 10.0. The van der Waals surface area contributed by atoms with E-state index in [-0.39, 0.29) is 24.0 Å². The summed E-state index contributed by atoms with van der Waals surface area (Å²) in [5.74, 6) is 0.828. The zero-order valence-corrected chi connectivity index (χ0v) is 18.8. The highest BCUT2D eigenvalue weighted by atomic mass is 127. The third-order valence-electron chi connectivity index (χ3n) is 4.07. The summed E-state index contributed by atoms with van der Waals surface area (Å²) in [7, 11) is 2.66. The lowest BCUT2D eigenvalue weighted by molar-refractivity contribution is 0.462. The highest BCUT2D eigenvalue weighted by Crippen LogP contribution is 2.10. The van der Waals surface area contributed by atoms with Crippen molar-refractivity contribution < 1.29 is 8.42 Å². The Morgan fingerprint density at radius 2 is 1.88 bits per heavy atom. The first-order valence-electron chi connectivity index (χ1n) is 8.12. The van der Waals surface area contributed by atoms with Gasteiger partial charge in [-0.25, -0.2) is 8.42 Å². The van der Waals surface area contributed by atoms with Crippen molar-refractivity contribution in [3.8, 4) is 0 Å². The van der Waals surface area contributed by atoms with Crippen molar-refractivity contribution in [2.75, 3.05) is 26.9 Å². The largest absolute Gasteiger partial charge is 0.356 e. The number of benzene rings is 1. The maximum atomic E-state index is 11.5. The SMILES string of the molecule is CN=C(NCCc1ccc(S(C)(=O)=O)cc1)N(C)Cc1cccn1C.I. The van der Waals surface area contributed by atoms with Gasteiger partial charge in [0.2, 0.25) is 0 Å². The Bertz CT molecular complexity index is 829. The molecular weight excluding hydrogens is 463 g/mol. The Hall–Kier alpha value is -1.55. The van der Waals surface area contributed by atoms with Crippen molar-refractivity contribution in [3.05, 3.63) is 53.9 Å². The van der Waals surface area contributed by atoms with E-state index in [0.717, 1.165) is 31.0 Å². The predicted octanol–water partition coefficient (Wildman–Crippen LogP) is 2.30. The molecule has 0 amide bonds. The first kappa shape index (κ1) is 22.5. The first-order chi connectivity index (χ1) is 11.8. The van der Waals surface area contributed by atoms with Crippen LogP contribution in [0.4, 0.5) is 0 Å². The molecule has 0 aliphatic carbocycles. The quantitative estimate of drug-likeness (QED) is 0.384. The second-order valence-electron chi connectivity index (χ2n) is 6.11. The Morgan fingerprint density at radius 3 is 2.38 bits per heavy atom. The molecule has 1 N–H and O–H groups in total. The molecule has 0 atom stereocenters. The maximum Gasteiger partial charge on any atom is 0.193 e. The van der Waals surface area contributed by atoms with Gasteiger partial charge < -0.3 is 14.8 Å². The number of aromatic nitrogens is 1. The van der Waals surface area contributed by atoms with Gasteiger partial charge in [-0.1, -0.05) is 12.1 Å². The standard InChI is InChI=1S/C18H26N4O2S.HI/c1-19-18(22(3)14-16-6-5-13-21(16)2)20-12-11-15-7-9-17(10-8-15)25(4,23)24;/h5-10,13H,11-12,14H2,1-4H3,(H,19,20);1H. The van der Waals surface area contributed by atoms with Gasteiger partial charge in [-0.3, -0.25) is 4.99 Å². The Morgan fingerprint density at radius 1 is 1.23 bits per heavy atom. The van der Waals surface area contributed by atoms with Crippen LogP contribution in [0.25, 0.3) is 0 Å². The normalized spacial score (nSPS) is 11.8. The molecule has 26 heavy (non-hydrogen) atoms. The van der Waals surface area contributed by atoms with Crippen molar-refractivity contribution >= 4 is 39.8 Å². The molecule has 1 heterocycles. The summed E-state index contributed by atoms with van der Waals surface area (Å²) in [5.41, 5.74) is 2.29. The molecule has 0 bridgehead atoms. The van der Waals surface area contributed by atoms with Crippen LogP contribution >= 0.6 is 24.0 Å². The predicted molar refractivity (Wildman–Crippen MR) is 117 cm³/mol. The van der Waals surface area contributed by atoms with Gasteiger partial charge in [0.1, 0.15) is 0 Å². The van der Waals surface area contributed by atoms with Gasteiger partial charge in [-0.2, -0.15) is 0 Å². The molecule has 8 heteroatoms. The summed E-state index contributed by atoms with van der Waals surface area (Å²) in [6.07, 6.45) is 4.04. The molecule has 6 nitrogen and oxygen atoms in total. The monoisotopic (exact) mass is 490 g/mol. The minimum absolute atomic E-state index is 0. The maximum absolute atomic E-state index is 11.5. The average molecular weight is 490 g/mol. The van der Waals surface area contributed by atoms with Crippen LogP contribution in [0.2, 0.25) is 0 Å². The van der Waals surface area contributed by atoms with E-state index in [0.29, 0.717) is 4.90 Å². The van der Waals surface area contributed by atoms with Crippen LogP contribution in [0.3, 0.4) is 0 Å². The zero-order valence-electron chi connectivity index (χ0n) is 15.6. The molecule has 0 radical (unpaired) electrons. The van der Waals surface area contributed by atoms with E-state index in [9.17, 15) is 8.42 Å². The number of rotatable bonds is 6. The number of guanidine groups is 1. The van der Waals surface area contributed by atoms with Crippen molar-refractivity contribution in [3.63, 3.8) is 0 Å². The molecule has 2 rings (SSSR count). The minimum atomic E-state index is -3.14. The van der Waals surface area contributed by atoms with Gasteiger partial charge in [0.15, 0.2) is 15.8 Å². The van der Waals surface area contributed by atoms with Crippen LogP contribution in [0.1, 0.15) is 11.3 Å². The highest BCUT2D eigenvalue weighted by Gasteiger charge is 2.09. The van der Waals surface area contributed by atoms with E-state index < -0.39 is 9.84 Å². The van der Waals surface area contributed by atoms with Crippen LogP contribution in [0.5, 0.6) is 0 Å². The second kappa shape index (κ2) is 9.96. The molecule has 1 aromatic carbocycles. The Balaban J connectivity index is 0.00000338. The summed E-state index contributed by atoms with van der Waals surface area (Å²) < 4.78 is 25.1. The van der Waals surface area contributed by atoms with Crippen molar-refractivity contribution in [1.82, 2.24) is 14.8 Å². The number of aryl methyl sites for hydroxylation is 1. The summed E-state index contributed by atoms with van der Waals surface area (Å²) in [6.45, 7) is 1.49. The smallest absolute Gasteiger partial charge is 0.193 e. The molecule has 144 valence electrons. The van der Waals surface area contributed by atoms with Crippen LogP contribution in [0, 0.1) is 0 Å². The lowest BCUT2D eigenvalue weighted by atomic mass is 10.1. The minimum Gasteiger partial charge on any atom is -0.356 e. The van der Waals surface area contributed by atoms with Crippen LogP contribution < -0.4 is 5.32 Å². The third kappa shape index (κ3) is 6.31. The molecule has 1 aromatic heterocycles. The van der Waals surface area contributed by atoms with Gasteiger partial charge in [-0.15, -0.1) is 24.0 Å². The van der Waals surface area contributed by atoms with Gasteiger partial charge >= 0.3 is 0 Å². The fourth-order valence-corrected chi connectivity index (χ4v) is 3.22. The molecule has 0 spiro atoms. The molecule has 0 aliphatic heterocycles. The lowest BCUT2D eigenvalue weighted by Gasteiger charge is -2.22. The fourth-order valence-electron chi connectivity index (χ4n) is 2.59. The Labute approximate surface area is 173 Å². The van der Waals surface area contributed by atoms with E-state index in [1.165, 1.54) is 11.9 Å². The van der Waals surface area contributed by atoms with Gasteiger partial charge in [-0.05, 0) is 36.2 Å². The number of nitrogens with zero attached hydrogens (tertiary/aromatic N) is 3. The van der Waals surface area contributed by atoms with Crippen molar-refractivity contribution in [2.45, 2.75) is 17.9 Å². The average Bonchev–Trinajstić information content (AvgIpc) is 2.96.